The van der Waals surface area contributed by atoms with Crippen LogP contribution < -0.4 is 5.32 Å². The van der Waals surface area contributed by atoms with Crippen LogP contribution in [-0.4, -0.2) is 17.1 Å². The van der Waals surface area contributed by atoms with Crippen molar-refractivity contribution >= 4 is 11.7 Å². The number of hydrogen-bond acceptors (Lipinski definition) is 2. The number of anilines is 1. The number of nitrogens with one attached hydrogen (secondary N) is 1. The normalized spacial score (nSPS) is 12.1. The van der Waals surface area contributed by atoms with Crippen LogP contribution in [0.25, 0.3) is 0 Å². The molecule has 2 N–H and O–H groups in total. The Bertz CT molecular complexity index is 363. The first-order chi connectivity index (χ1) is 8.19. The second-order valence-corrected chi connectivity index (χ2v) is 4.23. The zero-order valence-corrected chi connectivity index (χ0v) is 10.6. The summed E-state index contributed by atoms with van der Waals surface area (Å²) in [6.45, 7) is 4.12. The van der Waals surface area contributed by atoms with E-state index in [4.69, 9.17) is 5.11 Å². The molecule has 1 atom stereocenters. The van der Waals surface area contributed by atoms with Gasteiger partial charge in [0.2, 0.25) is 0 Å². The number of hydrogen-bond donors (Lipinski definition) is 2. The molecule has 0 aliphatic rings. The topological polar surface area (TPSA) is 49.3 Å². The number of carbonyl (C=O) groups is 1. The van der Waals surface area contributed by atoms with Crippen LogP contribution >= 0.6 is 0 Å². The minimum absolute atomic E-state index is 0.488. The zero-order valence-electron chi connectivity index (χ0n) is 10.6. The van der Waals surface area contributed by atoms with Gasteiger partial charge in [0.05, 0.1) is 0 Å². The quantitative estimate of drug-likeness (QED) is 0.762. The van der Waals surface area contributed by atoms with E-state index in [-0.39, 0.29) is 0 Å². The van der Waals surface area contributed by atoms with Crippen molar-refractivity contribution in [2.75, 3.05) is 5.32 Å². The summed E-state index contributed by atoms with van der Waals surface area (Å²) in [6, 6.07) is 7.45. The first-order valence-electron chi connectivity index (χ1n) is 6.26. The van der Waals surface area contributed by atoms with Crippen molar-refractivity contribution in [3.63, 3.8) is 0 Å². The predicted molar refractivity (Wildman–Crippen MR) is 70.4 cm³/mol. The van der Waals surface area contributed by atoms with Crippen LogP contribution in [0.1, 0.15) is 38.7 Å². The van der Waals surface area contributed by atoms with E-state index < -0.39 is 12.0 Å². The Kier molecular flexibility index (Phi) is 5.53. The number of rotatable bonds is 7. The number of para-hydroxylation sites is 1. The first-order valence-corrected chi connectivity index (χ1v) is 6.26. The molecule has 0 aromatic heterocycles. The van der Waals surface area contributed by atoms with Gasteiger partial charge in [-0.2, -0.15) is 0 Å². The van der Waals surface area contributed by atoms with E-state index in [1.165, 1.54) is 5.56 Å². The highest BCUT2D eigenvalue weighted by molar-refractivity contribution is 5.77. The second kappa shape index (κ2) is 6.94. The van der Waals surface area contributed by atoms with Crippen LogP contribution in [-0.2, 0) is 11.2 Å². The summed E-state index contributed by atoms with van der Waals surface area (Å²) >= 11 is 0. The highest BCUT2D eigenvalue weighted by Crippen LogP contribution is 2.18. The Morgan fingerprint density at radius 1 is 1.29 bits per heavy atom. The minimum Gasteiger partial charge on any atom is -0.480 e. The standard InChI is InChI=1S/C14H21NO2/c1-3-7-11-9-5-6-10-12(11)15-13(8-4-2)14(16)17/h5-6,9-10,13,15H,3-4,7-8H2,1-2H3,(H,16,17). The Morgan fingerprint density at radius 2 is 2.00 bits per heavy atom. The van der Waals surface area contributed by atoms with Gasteiger partial charge < -0.3 is 10.4 Å². The monoisotopic (exact) mass is 235 g/mol. The van der Waals surface area contributed by atoms with E-state index in [1.807, 2.05) is 25.1 Å². The molecule has 0 aliphatic heterocycles. The second-order valence-electron chi connectivity index (χ2n) is 4.23. The molecule has 1 unspecified atom stereocenters. The maximum Gasteiger partial charge on any atom is 0.326 e. The lowest BCUT2D eigenvalue weighted by Crippen LogP contribution is -2.29. The summed E-state index contributed by atoms with van der Waals surface area (Å²) in [4.78, 5) is 11.1. The molecule has 0 fully saturated rings. The van der Waals surface area contributed by atoms with E-state index in [2.05, 4.69) is 18.3 Å². The van der Waals surface area contributed by atoms with Crippen molar-refractivity contribution in [2.45, 2.75) is 45.6 Å². The van der Waals surface area contributed by atoms with Gasteiger partial charge in [0.1, 0.15) is 6.04 Å². The van der Waals surface area contributed by atoms with Crippen LogP contribution in [0, 0.1) is 0 Å². The summed E-state index contributed by atoms with van der Waals surface area (Å²) in [5.41, 5.74) is 2.15. The number of benzene rings is 1. The predicted octanol–water partition coefficient (Wildman–Crippen LogP) is 3.30. The summed E-state index contributed by atoms with van der Waals surface area (Å²) in [7, 11) is 0. The molecule has 1 aromatic rings. The largest absolute Gasteiger partial charge is 0.480 e. The molecule has 0 aliphatic carbocycles. The fourth-order valence-corrected chi connectivity index (χ4v) is 1.88. The van der Waals surface area contributed by atoms with Gasteiger partial charge in [-0.3, -0.25) is 0 Å². The average molecular weight is 235 g/mol. The Labute approximate surface area is 103 Å². The van der Waals surface area contributed by atoms with Gasteiger partial charge in [0.25, 0.3) is 0 Å². The fraction of sp³-hybridized carbons (Fsp3) is 0.500. The van der Waals surface area contributed by atoms with Crippen molar-refractivity contribution in [2.24, 2.45) is 0 Å². The van der Waals surface area contributed by atoms with Gasteiger partial charge in [-0.1, -0.05) is 44.9 Å². The van der Waals surface area contributed by atoms with Gasteiger partial charge in [0, 0.05) is 5.69 Å². The number of aryl methyl sites for hydroxylation is 1. The van der Waals surface area contributed by atoms with Gasteiger partial charge in [-0.15, -0.1) is 0 Å². The maximum atomic E-state index is 11.1. The molecule has 0 saturated carbocycles. The molecule has 1 aromatic carbocycles. The molecule has 0 radical (unpaired) electrons. The van der Waals surface area contributed by atoms with Crippen LogP contribution in [0.5, 0.6) is 0 Å². The Morgan fingerprint density at radius 3 is 2.59 bits per heavy atom. The van der Waals surface area contributed by atoms with E-state index in [9.17, 15) is 4.79 Å². The van der Waals surface area contributed by atoms with Crippen LogP contribution in [0.4, 0.5) is 5.69 Å². The molecule has 3 nitrogen and oxygen atoms in total. The maximum absolute atomic E-state index is 11.1. The summed E-state index contributed by atoms with van der Waals surface area (Å²) in [5, 5.41) is 12.3. The number of carboxylic acid groups (broad SMARTS) is 1. The molecule has 0 spiro atoms. The smallest absolute Gasteiger partial charge is 0.326 e. The number of carboxylic acids is 1. The lowest BCUT2D eigenvalue weighted by Gasteiger charge is -2.17. The van der Waals surface area contributed by atoms with Crippen LogP contribution in [0.15, 0.2) is 24.3 Å². The Hall–Kier alpha value is -1.51. The molecule has 0 amide bonds. The molecular weight excluding hydrogens is 214 g/mol. The third kappa shape index (κ3) is 4.10. The lowest BCUT2D eigenvalue weighted by molar-refractivity contribution is -0.138. The van der Waals surface area contributed by atoms with Gasteiger partial charge in [-0.05, 0) is 24.5 Å². The SMILES string of the molecule is CCCc1ccccc1NC(CCC)C(=O)O. The molecule has 17 heavy (non-hydrogen) atoms. The van der Waals surface area contributed by atoms with E-state index in [1.54, 1.807) is 0 Å². The third-order valence-electron chi connectivity index (χ3n) is 2.74. The van der Waals surface area contributed by atoms with E-state index in [0.29, 0.717) is 6.42 Å². The van der Waals surface area contributed by atoms with E-state index in [0.717, 1.165) is 24.9 Å². The fourth-order valence-electron chi connectivity index (χ4n) is 1.88. The number of aliphatic carboxylic acids is 1. The third-order valence-corrected chi connectivity index (χ3v) is 2.74. The van der Waals surface area contributed by atoms with Gasteiger partial charge in [-0.25, -0.2) is 4.79 Å². The van der Waals surface area contributed by atoms with Crippen LogP contribution in [0.2, 0.25) is 0 Å². The highest BCUT2D eigenvalue weighted by Gasteiger charge is 2.16. The van der Waals surface area contributed by atoms with Crippen molar-refractivity contribution in [3.8, 4) is 0 Å². The molecular formula is C14H21NO2. The summed E-state index contributed by atoms with van der Waals surface area (Å²) in [6.07, 6.45) is 3.54. The molecule has 1 rings (SSSR count). The van der Waals surface area contributed by atoms with Gasteiger partial charge >= 0.3 is 5.97 Å². The van der Waals surface area contributed by atoms with Crippen molar-refractivity contribution < 1.29 is 9.90 Å². The van der Waals surface area contributed by atoms with Crippen molar-refractivity contribution in [1.29, 1.82) is 0 Å². The first kappa shape index (κ1) is 13.6. The van der Waals surface area contributed by atoms with E-state index >= 15 is 0 Å². The summed E-state index contributed by atoms with van der Waals surface area (Å²) in [5.74, 6) is -0.779. The Balaban J connectivity index is 2.80. The zero-order chi connectivity index (χ0) is 12.7. The van der Waals surface area contributed by atoms with Crippen molar-refractivity contribution in [1.82, 2.24) is 0 Å². The minimum atomic E-state index is -0.779. The molecule has 94 valence electrons. The highest BCUT2D eigenvalue weighted by atomic mass is 16.4. The summed E-state index contributed by atoms with van der Waals surface area (Å²) < 4.78 is 0. The molecule has 0 saturated heterocycles. The van der Waals surface area contributed by atoms with Gasteiger partial charge in [0.15, 0.2) is 0 Å². The average Bonchev–Trinajstić information content (AvgIpc) is 2.31. The lowest BCUT2D eigenvalue weighted by atomic mass is 10.1. The molecule has 3 heteroatoms. The van der Waals surface area contributed by atoms with Crippen LogP contribution in [0.3, 0.4) is 0 Å². The van der Waals surface area contributed by atoms with Crippen molar-refractivity contribution in [3.05, 3.63) is 29.8 Å². The molecule has 0 heterocycles. The molecule has 0 bridgehead atoms.